The van der Waals surface area contributed by atoms with Gasteiger partial charge in [-0.15, -0.1) is 0 Å². The SMILES string of the molecule is C=Cc1ccc([Si](CC)(N(C)C)N(C)C)cc1. The molecule has 1 aromatic carbocycles. The van der Waals surface area contributed by atoms with Crippen molar-refractivity contribution in [3.05, 3.63) is 36.4 Å². The highest BCUT2D eigenvalue weighted by atomic mass is 28.3. The number of hydrogen-bond donors (Lipinski definition) is 0. The first-order chi connectivity index (χ1) is 7.98. The van der Waals surface area contributed by atoms with Crippen LogP contribution < -0.4 is 5.19 Å². The minimum atomic E-state index is -1.70. The van der Waals surface area contributed by atoms with Gasteiger partial charge in [0.1, 0.15) is 0 Å². The van der Waals surface area contributed by atoms with E-state index in [1.165, 1.54) is 16.8 Å². The minimum Gasteiger partial charge on any atom is -0.314 e. The molecule has 0 unspecified atom stereocenters. The standard InChI is InChI=1S/C14H24N2Si/c1-7-13-9-11-14(12-10-13)17(8-2,15(3)4)16(5)6/h7,9-12H,1,8H2,2-6H3. The lowest BCUT2D eigenvalue weighted by atomic mass is 10.2. The van der Waals surface area contributed by atoms with Crippen LogP contribution in [-0.4, -0.2) is 45.7 Å². The van der Waals surface area contributed by atoms with E-state index in [4.69, 9.17) is 0 Å². The average molecular weight is 248 g/mol. The predicted octanol–water partition coefficient (Wildman–Crippen LogP) is 2.12. The molecule has 0 heterocycles. The molecule has 0 spiro atoms. The Morgan fingerprint density at radius 1 is 1.06 bits per heavy atom. The highest BCUT2D eigenvalue weighted by Gasteiger charge is 2.39. The molecule has 1 aromatic rings. The summed E-state index contributed by atoms with van der Waals surface area (Å²) in [4.78, 5) is 0. The Balaban J connectivity index is 3.25. The summed E-state index contributed by atoms with van der Waals surface area (Å²) in [6.45, 7) is 6.09. The van der Waals surface area contributed by atoms with Gasteiger partial charge >= 0.3 is 0 Å². The molecule has 94 valence electrons. The Morgan fingerprint density at radius 2 is 1.53 bits per heavy atom. The maximum absolute atomic E-state index is 3.80. The number of benzene rings is 1. The topological polar surface area (TPSA) is 6.48 Å². The highest BCUT2D eigenvalue weighted by Crippen LogP contribution is 2.16. The quantitative estimate of drug-likeness (QED) is 0.737. The van der Waals surface area contributed by atoms with Crippen LogP contribution in [0.15, 0.2) is 30.8 Å². The Morgan fingerprint density at radius 3 is 1.82 bits per heavy atom. The molecule has 0 aliphatic rings. The fourth-order valence-electron chi connectivity index (χ4n) is 2.64. The van der Waals surface area contributed by atoms with Crippen LogP contribution in [0.3, 0.4) is 0 Å². The molecule has 0 N–H and O–H groups in total. The van der Waals surface area contributed by atoms with Gasteiger partial charge in [-0.1, -0.05) is 43.8 Å². The molecule has 0 bridgehead atoms. The Labute approximate surface area is 107 Å². The van der Waals surface area contributed by atoms with Crippen molar-refractivity contribution in [1.82, 2.24) is 9.13 Å². The van der Waals surface area contributed by atoms with Gasteiger partial charge in [-0.2, -0.15) is 0 Å². The summed E-state index contributed by atoms with van der Waals surface area (Å²) in [5.74, 6) is 0. The summed E-state index contributed by atoms with van der Waals surface area (Å²) in [7, 11) is 7.06. The molecule has 0 aliphatic carbocycles. The largest absolute Gasteiger partial charge is 0.314 e. The maximum atomic E-state index is 3.80. The zero-order valence-corrected chi connectivity index (χ0v) is 12.7. The van der Waals surface area contributed by atoms with Gasteiger partial charge < -0.3 is 9.13 Å². The lowest BCUT2D eigenvalue weighted by Crippen LogP contribution is -2.68. The zero-order valence-electron chi connectivity index (χ0n) is 11.7. The molecule has 17 heavy (non-hydrogen) atoms. The van der Waals surface area contributed by atoms with E-state index in [-0.39, 0.29) is 0 Å². The molecule has 0 aromatic heterocycles. The fourth-order valence-corrected chi connectivity index (χ4v) is 6.85. The Hall–Kier alpha value is -0.903. The van der Waals surface area contributed by atoms with Gasteiger partial charge in [0.05, 0.1) is 0 Å². The van der Waals surface area contributed by atoms with E-state index in [1.54, 1.807) is 0 Å². The molecular formula is C14H24N2Si. The van der Waals surface area contributed by atoms with Gasteiger partial charge in [0.15, 0.2) is 0 Å². The third-order valence-corrected chi connectivity index (χ3v) is 8.78. The minimum absolute atomic E-state index is 1.18. The van der Waals surface area contributed by atoms with Crippen molar-refractivity contribution in [2.45, 2.75) is 13.0 Å². The van der Waals surface area contributed by atoms with Crippen LogP contribution in [0.1, 0.15) is 12.5 Å². The smallest absolute Gasteiger partial charge is 0.238 e. The molecule has 0 fully saturated rings. The van der Waals surface area contributed by atoms with E-state index in [0.29, 0.717) is 0 Å². The van der Waals surface area contributed by atoms with Crippen molar-refractivity contribution in [2.24, 2.45) is 0 Å². The Kier molecular flexibility index (Phi) is 4.68. The summed E-state index contributed by atoms with van der Waals surface area (Å²) in [5.41, 5.74) is 1.19. The lowest BCUT2D eigenvalue weighted by Gasteiger charge is -2.42. The van der Waals surface area contributed by atoms with Gasteiger partial charge in [-0.25, -0.2) is 0 Å². The molecule has 0 aliphatic heterocycles. The van der Waals surface area contributed by atoms with Crippen molar-refractivity contribution in [3.8, 4) is 0 Å². The van der Waals surface area contributed by atoms with Crippen LogP contribution in [-0.2, 0) is 0 Å². The second kappa shape index (κ2) is 5.62. The molecule has 3 heteroatoms. The molecule has 0 radical (unpaired) electrons. The van der Waals surface area contributed by atoms with Gasteiger partial charge in [0.2, 0.25) is 8.40 Å². The Bertz CT molecular complexity index is 360. The molecule has 2 nitrogen and oxygen atoms in total. The highest BCUT2D eigenvalue weighted by molar-refractivity contribution is 6.86. The van der Waals surface area contributed by atoms with Crippen LogP contribution in [0.5, 0.6) is 0 Å². The third-order valence-electron chi connectivity index (χ3n) is 3.58. The lowest BCUT2D eigenvalue weighted by molar-refractivity contribution is 0.494. The molecule has 0 saturated heterocycles. The van der Waals surface area contributed by atoms with Crippen LogP contribution in [0.4, 0.5) is 0 Å². The van der Waals surface area contributed by atoms with E-state index in [1.807, 2.05) is 6.08 Å². The zero-order chi connectivity index (χ0) is 13.1. The van der Waals surface area contributed by atoms with E-state index < -0.39 is 8.40 Å². The van der Waals surface area contributed by atoms with Crippen LogP contribution in [0.25, 0.3) is 6.08 Å². The van der Waals surface area contributed by atoms with E-state index in [2.05, 4.69) is 75.1 Å². The molecule has 0 saturated carbocycles. The third kappa shape index (κ3) is 2.51. The van der Waals surface area contributed by atoms with Crippen LogP contribution in [0.2, 0.25) is 6.04 Å². The molecular weight excluding hydrogens is 224 g/mol. The first-order valence-corrected chi connectivity index (χ1v) is 8.17. The normalized spacial score (nSPS) is 12.2. The summed E-state index contributed by atoms with van der Waals surface area (Å²) >= 11 is 0. The number of rotatable bonds is 5. The molecule has 0 atom stereocenters. The first kappa shape index (κ1) is 14.2. The second-order valence-corrected chi connectivity index (χ2v) is 9.49. The fraction of sp³-hybridized carbons (Fsp3) is 0.429. The van der Waals surface area contributed by atoms with Gasteiger partial charge in [0.25, 0.3) is 0 Å². The van der Waals surface area contributed by atoms with E-state index in [0.717, 1.165) is 0 Å². The van der Waals surface area contributed by atoms with Gasteiger partial charge in [-0.3, -0.25) is 0 Å². The molecule has 1 rings (SSSR count). The van der Waals surface area contributed by atoms with Crippen molar-refractivity contribution in [2.75, 3.05) is 28.2 Å². The molecule has 0 amide bonds. The van der Waals surface area contributed by atoms with Gasteiger partial charge in [-0.05, 0) is 45.0 Å². The average Bonchev–Trinajstić information content (AvgIpc) is 2.30. The van der Waals surface area contributed by atoms with Crippen molar-refractivity contribution < 1.29 is 0 Å². The first-order valence-electron chi connectivity index (χ1n) is 6.07. The van der Waals surface area contributed by atoms with Crippen LogP contribution in [0, 0.1) is 0 Å². The predicted molar refractivity (Wildman–Crippen MR) is 79.8 cm³/mol. The summed E-state index contributed by atoms with van der Waals surface area (Å²) in [6.07, 6.45) is 1.89. The number of nitrogens with zero attached hydrogens (tertiary/aromatic N) is 2. The summed E-state index contributed by atoms with van der Waals surface area (Å²) < 4.78 is 4.83. The summed E-state index contributed by atoms with van der Waals surface area (Å²) in [5, 5.41) is 1.46. The van der Waals surface area contributed by atoms with Gasteiger partial charge in [0, 0.05) is 0 Å². The van der Waals surface area contributed by atoms with E-state index >= 15 is 0 Å². The monoisotopic (exact) mass is 248 g/mol. The maximum Gasteiger partial charge on any atom is 0.238 e. The van der Waals surface area contributed by atoms with E-state index in [9.17, 15) is 0 Å². The number of hydrogen-bond acceptors (Lipinski definition) is 2. The van der Waals surface area contributed by atoms with Crippen molar-refractivity contribution >= 4 is 19.7 Å². The second-order valence-electron chi connectivity index (χ2n) is 4.79. The van der Waals surface area contributed by atoms with Crippen molar-refractivity contribution in [3.63, 3.8) is 0 Å². The van der Waals surface area contributed by atoms with Crippen molar-refractivity contribution in [1.29, 1.82) is 0 Å². The van der Waals surface area contributed by atoms with Crippen LogP contribution >= 0.6 is 0 Å². The summed E-state index contributed by atoms with van der Waals surface area (Å²) in [6, 6.07) is 10.0.